The minimum absolute atomic E-state index is 0.245. The Labute approximate surface area is 185 Å². The normalized spacial score (nSPS) is 16.4. The van der Waals surface area contributed by atoms with E-state index in [1.165, 1.54) is 11.6 Å². The maximum Gasteiger partial charge on any atom is 0.165 e. The fraction of sp³-hybridized carbons (Fsp3) is 0.292. The van der Waals surface area contributed by atoms with Crippen molar-refractivity contribution >= 4 is 22.8 Å². The molecule has 0 spiro atoms. The van der Waals surface area contributed by atoms with E-state index < -0.39 is 0 Å². The number of fused-ring (bicyclic) bond motifs is 1. The van der Waals surface area contributed by atoms with Crippen molar-refractivity contribution in [3.05, 3.63) is 70.5 Å². The molecule has 3 aromatic rings. The topological polar surface area (TPSA) is 49.4 Å². The molecule has 1 saturated heterocycles. The maximum absolute atomic E-state index is 14.3. The van der Waals surface area contributed by atoms with Gasteiger partial charge in [-0.1, -0.05) is 12.1 Å². The molecular formula is C24H25FN4OS. The third-order valence-corrected chi connectivity index (χ3v) is 6.71. The third-order valence-electron chi connectivity index (χ3n) is 5.54. The first-order valence-electron chi connectivity index (χ1n) is 10.6. The summed E-state index contributed by atoms with van der Waals surface area (Å²) in [6.45, 7) is 7.67. The van der Waals surface area contributed by atoms with Gasteiger partial charge in [-0.3, -0.25) is 9.88 Å². The zero-order valence-electron chi connectivity index (χ0n) is 17.5. The molecule has 160 valence electrons. The summed E-state index contributed by atoms with van der Waals surface area (Å²) < 4.78 is 20.2. The number of hydrogen-bond donors (Lipinski definition) is 2. The number of aryl methyl sites for hydroxylation is 1. The third kappa shape index (κ3) is 4.49. The van der Waals surface area contributed by atoms with E-state index in [-0.39, 0.29) is 11.6 Å². The first-order valence-corrected chi connectivity index (χ1v) is 11.4. The van der Waals surface area contributed by atoms with Crippen LogP contribution >= 0.6 is 11.3 Å². The first kappa shape index (κ1) is 20.2. The highest BCUT2D eigenvalue weighted by atomic mass is 32.1. The SMILES string of the molecule is Cc1ccc(OC2=CCNc3cc(-c4ccc(CN5CCNCC5)cn4)sc32)c(F)c1. The largest absolute Gasteiger partial charge is 0.453 e. The van der Waals surface area contributed by atoms with Gasteiger partial charge < -0.3 is 15.4 Å². The van der Waals surface area contributed by atoms with Crippen molar-refractivity contribution in [3.63, 3.8) is 0 Å². The molecule has 2 aliphatic heterocycles. The van der Waals surface area contributed by atoms with Crippen molar-refractivity contribution in [1.29, 1.82) is 0 Å². The molecule has 1 aromatic carbocycles. The average Bonchev–Trinajstić information content (AvgIpc) is 3.22. The van der Waals surface area contributed by atoms with Crippen LogP contribution in [-0.4, -0.2) is 42.6 Å². The number of ether oxygens (including phenoxy) is 1. The lowest BCUT2D eigenvalue weighted by Gasteiger charge is -2.27. The smallest absolute Gasteiger partial charge is 0.165 e. The molecule has 0 bridgehead atoms. The number of aromatic nitrogens is 1. The molecule has 0 radical (unpaired) electrons. The zero-order valence-corrected chi connectivity index (χ0v) is 18.3. The van der Waals surface area contributed by atoms with E-state index >= 15 is 0 Å². The summed E-state index contributed by atoms with van der Waals surface area (Å²) in [6, 6.07) is 11.4. The van der Waals surface area contributed by atoms with Crippen LogP contribution in [0.25, 0.3) is 16.3 Å². The molecule has 0 amide bonds. The van der Waals surface area contributed by atoms with E-state index in [1.54, 1.807) is 17.4 Å². The molecule has 7 heteroatoms. The number of anilines is 1. The number of halogens is 1. The standard InChI is InChI=1S/C24H25FN4OS/c1-16-2-5-21(18(25)12-16)30-22-6-7-27-20-13-23(31-24(20)22)19-4-3-17(14-28-19)15-29-10-8-26-9-11-29/h2-6,12-14,26-27H,7-11,15H2,1H3. The summed E-state index contributed by atoms with van der Waals surface area (Å²) in [7, 11) is 0. The van der Waals surface area contributed by atoms with E-state index in [4.69, 9.17) is 9.72 Å². The Hall–Kier alpha value is -2.74. The van der Waals surface area contributed by atoms with Crippen molar-refractivity contribution in [2.24, 2.45) is 0 Å². The van der Waals surface area contributed by atoms with Gasteiger partial charge in [-0.2, -0.15) is 0 Å². The van der Waals surface area contributed by atoms with Gasteiger partial charge in [0.1, 0.15) is 5.76 Å². The van der Waals surface area contributed by atoms with Gasteiger partial charge in [0.15, 0.2) is 11.6 Å². The van der Waals surface area contributed by atoms with E-state index in [1.807, 2.05) is 25.3 Å². The van der Waals surface area contributed by atoms with Crippen molar-refractivity contribution in [2.45, 2.75) is 13.5 Å². The summed E-state index contributed by atoms with van der Waals surface area (Å²) in [5.41, 5.74) is 4.03. The zero-order chi connectivity index (χ0) is 21.2. The molecule has 4 heterocycles. The molecule has 1 fully saturated rings. The van der Waals surface area contributed by atoms with Gasteiger partial charge in [0, 0.05) is 45.5 Å². The second-order valence-corrected chi connectivity index (χ2v) is 8.97. The highest BCUT2D eigenvalue weighted by Crippen LogP contribution is 2.41. The molecular weight excluding hydrogens is 411 g/mol. The second kappa shape index (κ2) is 8.78. The van der Waals surface area contributed by atoms with Gasteiger partial charge >= 0.3 is 0 Å². The van der Waals surface area contributed by atoms with Gasteiger partial charge in [0.25, 0.3) is 0 Å². The summed E-state index contributed by atoms with van der Waals surface area (Å²) in [5, 5.41) is 6.76. The van der Waals surface area contributed by atoms with Crippen LogP contribution in [0, 0.1) is 12.7 Å². The first-order chi connectivity index (χ1) is 15.2. The van der Waals surface area contributed by atoms with Crippen LogP contribution in [-0.2, 0) is 6.54 Å². The number of piperazine rings is 1. The predicted octanol–water partition coefficient (Wildman–Crippen LogP) is 4.51. The summed E-state index contributed by atoms with van der Waals surface area (Å²) in [5.74, 6) is 0.581. The number of nitrogens with zero attached hydrogens (tertiary/aromatic N) is 2. The van der Waals surface area contributed by atoms with Crippen LogP contribution in [0.2, 0.25) is 0 Å². The van der Waals surface area contributed by atoms with Crippen molar-refractivity contribution < 1.29 is 9.13 Å². The Bertz CT molecular complexity index is 1100. The molecule has 5 nitrogen and oxygen atoms in total. The number of nitrogens with one attached hydrogen (secondary N) is 2. The van der Waals surface area contributed by atoms with E-state index in [9.17, 15) is 4.39 Å². The van der Waals surface area contributed by atoms with Crippen molar-refractivity contribution in [2.75, 3.05) is 38.0 Å². The lowest BCUT2D eigenvalue weighted by molar-refractivity contribution is 0.233. The summed E-state index contributed by atoms with van der Waals surface area (Å²) in [6.07, 6.45) is 3.92. The van der Waals surface area contributed by atoms with Crippen LogP contribution in [0.15, 0.2) is 48.7 Å². The van der Waals surface area contributed by atoms with Crippen molar-refractivity contribution in [3.8, 4) is 16.3 Å². The Balaban J connectivity index is 1.34. The summed E-state index contributed by atoms with van der Waals surface area (Å²) in [4.78, 5) is 9.18. The lowest BCUT2D eigenvalue weighted by atomic mass is 10.2. The Morgan fingerprint density at radius 1 is 1.16 bits per heavy atom. The summed E-state index contributed by atoms with van der Waals surface area (Å²) >= 11 is 1.61. The average molecular weight is 437 g/mol. The number of thiophene rings is 1. The molecule has 0 atom stereocenters. The lowest BCUT2D eigenvalue weighted by Crippen LogP contribution is -2.42. The van der Waals surface area contributed by atoms with Gasteiger partial charge in [-0.25, -0.2) is 4.39 Å². The number of hydrogen-bond acceptors (Lipinski definition) is 6. The van der Waals surface area contributed by atoms with Crippen LogP contribution in [0.4, 0.5) is 10.1 Å². The van der Waals surface area contributed by atoms with Crippen LogP contribution in [0.3, 0.4) is 0 Å². The molecule has 2 aliphatic rings. The minimum Gasteiger partial charge on any atom is -0.453 e. The van der Waals surface area contributed by atoms with Gasteiger partial charge in [0.05, 0.1) is 21.1 Å². The fourth-order valence-corrected chi connectivity index (χ4v) is 4.95. The highest BCUT2D eigenvalue weighted by Gasteiger charge is 2.21. The molecule has 2 N–H and O–H groups in total. The predicted molar refractivity (Wildman–Crippen MR) is 124 cm³/mol. The molecule has 0 unspecified atom stereocenters. The Morgan fingerprint density at radius 2 is 2.03 bits per heavy atom. The molecule has 5 rings (SSSR count). The number of pyridine rings is 1. The molecule has 0 aliphatic carbocycles. The molecule has 31 heavy (non-hydrogen) atoms. The maximum atomic E-state index is 14.3. The quantitative estimate of drug-likeness (QED) is 0.616. The number of benzene rings is 1. The Morgan fingerprint density at radius 3 is 2.81 bits per heavy atom. The second-order valence-electron chi connectivity index (χ2n) is 7.92. The van der Waals surface area contributed by atoms with Crippen LogP contribution in [0.5, 0.6) is 5.75 Å². The number of rotatable bonds is 5. The minimum atomic E-state index is -0.348. The molecule has 2 aromatic heterocycles. The van der Waals surface area contributed by atoms with Crippen LogP contribution < -0.4 is 15.4 Å². The van der Waals surface area contributed by atoms with Crippen molar-refractivity contribution in [1.82, 2.24) is 15.2 Å². The van der Waals surface area contributed by atoms with E-state index in [0.717, 1.165) is 59.4 Å². The molecule has 0 saturated carbocycles. The monoisotopic (exact) mass is 436 g/mol. The van der Waals surface area contributed by atoms with E-state index in [0.29, 0.717) is 12.3 Å². The fourth-order valence-electron chi connectivity index (χ4n) is 3.86. The van der Waals surface area contributed by atoms with Gasteiger partial charge in [-0.15, -0.1) is 11.3 Å². The highest BCUT2D eigenvalue weighted by molar-refractivity contribution is 7.17. The Kier molecular flexibility index (Phi) is 5.72. The van der Waals surface area contributed by atoms with Gasteiger partial charge in [-0.05, 0) is 48.4 Å². The van der Waals surface area contributed by atoms with Crippen LogP contribution in [0.1, 0.15) is 16.0 Å². The van der Waals surface area contributed by atoms with Gasteiger partial charge in [0.2, 0.25) is 0 Å². The van der Waals surface area contributed by atoms with E-state index in [2.05, 4.69) is 33.7 Å².